The van der Waals surface area contributed by atoms with E-state index in [1.54, 1.807) is 0 Å². The van der Waals surface area contributed by atoms with Crippen molar-refractivity contribution >= 4 is 11.0 Å². The number of halogens is 2. The van der Waals surface area contributed by atoms with Gasteiger partial charge in [-0.2, -0.15) is 5.10 Å². The van der Waals surface area contributed by atoms with E-state index < -0.39 is 17.2 Å². The van der Waals surface area contributed by atoms with Crippen LogP contribution in [-0.2, 0) is 13.1 Å². The summed E-state index contributed by atoms with van der Waals surface area (Å²) in [5.74, 6) is -2.29. The highest BCUT2D eigenvalue weighted by Crippen LogP contribution is 2.38. The second kappa shape index (κ2) is 9.35. The number of rotatable bonds is 5. The lowest BCUT2D eigenvalue weighted by Crippen LogP contribution is -2.35. The molecule has 2 N–H and O–H groups in total. The Labute approximate surface area is 212 Å². The summed E-state index contributed by atoms with van der Waals surface area (Å²) in [5.41, 5.74) is 4.08. The molecule has 0 saturated heterocycles. The van der Waals surface area contributed by atoms with E-state index in [-0.39, 0.29) is 23.4 Å². The lowest BCUT2D eigenvalue weighted by Gasteiger charge is -2.32. The maximum absolute atomic E-state index is 15.0. The van der Waals surface area contributed by atoms with Crippen molar-refractivity contribution in [2.45, 2.75) is 50.9 Å². The maximum atomic E-state index is 15.0. The Kier molecular flexibility index (Phi) is 6.00. The zero-order valence-electron chi connectivity index (χ0n) is 20.6. The van der Waals surface area contributed by atoms with Gasteiger partial charge in [0, 0.05) is 37.0 Å². The van der Waals surface area contributed by atoms with Gasteiger partial charge in [0.1, 0.15) is 5.69 Å². The summed E-state index contributed by atoms with van der Waals surface area (Å²) >= 11 is 0. The molecule has 6 rings (SSSR count). The smallest absolute Gasteiger partial charge is 0.179 e. The first-order valence-electron chi connectivity index (χ1n) is 12.3. The monoisotopic (exact) mass is 507 g/mol. The van der Waals surface area contributed by atoms with E-state index >= 15 is 0 Å². The number of aromatic nitrogens is 4. The van der Waals surface area contributed by atoms with Crippen molar-refractivity contribution in [3.63, 3.8) is 0 Å². The number of fused-ring (bicyclic) bond motifs is 2. The van der Waals surface area contributed by atoms with Crippen LogP contribution in [0.15, 0.2) is 30.5 Å². The van der Waals surface area contributed by atoms with Gasteiger partial charge in [-0.3, -0.25) is 10.00 Å². The van der Waals surface area contributed by atoms with E-state index in [0.717, 1.165) is 50.4 Å². The number of hydrogen-bond acceptors (Lipinski definition) is 7. The van der Waals surface area contributed by atoms with Crippen molar-refractivity contribution in [3.8, 4) is 34.1 Å². The molecule has 1 saturated carbocycles. The maximum Gasteiger partial charge on any atom is 0.179 e. The largest absolute Gasteiger partial charge is 0.494 e. The van der Waals surface area contributed by atoms with E-state index in [1.165, 1.54) is 31.5 Å². The Morgan fingerprint density at radius 2 is 1.68 bits per heavy atom. The highest BCUT2D eigenvalue weighted by molar-refractivity contribution is 5.91. The Morgan fingerprint density at radius 1 is 0.973 bits per heavy atom. The predicted octanol–water partition coefficient (Wildman–Crippen LogP) is 4.60. The molecular formula is C27H27F2N5O3. The zero-order valence-corrected chi connectivity index (χ0v) is 20.6. The molecule has 0 atom stereocenters. The second-order valence-electron chi connectivity index (χ2n) is 9.66. The Balaban J connectivity index is 1.31. The lowest BCUT2D eigenvalue weighted by molar-refractivity contribution is 0.0725. The molecular weight excluding hydrogens is 480 g/mol. The van der Waals surface area contributed by atoms with Crippen molar-refractivity contribution in [1.82, 2.24) is 25.1 Å². The number of H-pyrrole nitrogens is 1. The van der Waals surface area contributed by atoms with Crippen molar-refractivity contribution in [2.75, 3.05) is 14.2 Å². The number of ether oxygens (including phenoxy) is 2. The topological polar surface area (TPSA) is 96.4 Å². The minimum absolute atomic E-state index is 0.142. The molecule has 3 heterocycles. The van der Waals surface area contributed by atoms with Crippen LogP contribution in [0, 0.1) is 11.6 Å². The SMILES string of the molecule is COc1cc(OC)c(F)c(-c2ncc3c(-c4ccc5c(c4)CN([C@H]4CC[C@@H](O)CC4)C5)n[nH]c3n2)c1F. The van der Waals surface area contributed by atoms with Crippen LogP contribution >= 0.6 is 0 Å². The molecule has 2 aromatic carbocycles. The standard InChI is InChI=1S/C27H27F2N5O3/c1-36-20-10-21(37-2)24(29)22(23(20)28)27-30-11-19-25(32-33-26(19)31-27)14-3-4-15-12-34(13-16(15)9-14)17-5-7-18(35)8-6-17/h3-4,9-11,17-18,35H,5-8,12-13H2,1-2H3,(H,30,31,32,33)/t17-,18+. The quantitative estimate of drug-likeness (QED) is 0.408. The van der Waals surface area contributed by atoms with Gasteiger partial charge in [0.25, 0.3) is 0 Å². The second-order valence-corrected chi connectivity index (χ2v) is 9.66. The molecule has 37 heavy (non-hydrogen) atoms. The first-order valence-corrected chi connectivity index (χ1v) is 12.3. The highest BCUT2D eigenvalue weighted by atomic mass is 19.1. The van der Waals surface area contributed by atoms with Crippen LogP contribution in [0.25, 0.3) is 33.7 Å². The number of aromatic amines is 1. The third-order valence-electron chi connectivity index (χ3n) is 7.52. The molecule has 0 amide bonds. The fourth-order valence-electron chi connectivity index (χ4n) is 5.48. The molecule has 2 aromatic heterocycles. The molecule has 1 aliphatic heterocycles. The van der Waals surface area contributed by atoms with Crippen molar-refractivity contribution in [1.29, 1.82) is 0 Å². The summed E-state index contributed by atoms with van der Waals surface area (Å²) < 4.78 is 40.0. The highest BCUT2D eigenvalue weighted by Gasteiger charge is 2.30. The summed E-state index contributed by atoms with van der Waals surface area (Å²) in [7, 11) is 2.58. The van der Waals surface area contributed by atoms with Crippen LogP contribution in [-0.4, -0.2) is 56.5 Å². The van der Waals surface area contributed by atoms with Crippen LogP contribution in [0.2, 0.25) is 0 Å². The number of hydrogen-bond donors (Lipinski definition) is 2. The number of aliphatic hydroxyl groups is 1. The minimum atomic E-state index is -0.907. The molecule has 4 aromatic rings. The average Bonchev–Trinajstić information content (AvgIpc) is 3.53. The van der Waals surface area contributed by atoms with Gasteiger partial charge < -0.3 is 14.6 Å². The van der Waals surface area contributed by atoms with Gasteiger partial charge in [0.2, 0.25) is 0 Å². The molecule has 0 spiro atoms. The normalized spacial score (nSPS) is 19.8. The summed E-state index contributed by atoms with van der Waals surface area (Å²) in [4.78, 5) is 11.1. The minimum Gasteiger partial charge on any atom is -0.494 e. The van der Waals surface area contributed by atoms with E-state index in [4.69, 9.17) is 9.47 Å². The number of benzene rings is 2. The summed E-state index contributed by atoms with van der Waals surface area (Å²) in [6.45, 7) is 1.77. The van der Waals surface area contributed by atoms with Crippen molar-refractivity contribution < 1.29 is 23.4 Å². The summed E-state index contributed by atoms with van der Waals surface area (Å²) in [6.07, 6.45) is 5.12. The van der Waals surface area contributed by atoms with Gasteiger partial charge in [0.05, 0.1) is 31.3 Å². The van der Waals surface area contributed by atoms with Crippen molar-refractivity contribution in [3.05, 3.63) is 53.2 Å². The molecule has 1 aliphatic carbocycles. The van der Waals surface area contributed by atoms with Crippen LogP contribution < -0.4 is 9.47 Å². The molecule has 0 unspecified atom stereocenters. The van der Waals surface area contributed by atoms with Crippen LogP contribution in [0.5, 0.6) is 11.5 Å². The third-order valence-corrected chi connectivity index (χ3v) is 7.52. The number of aliphatic hydroxyl groups excluding tert-OH is 1. The average molecular weight is 508 g/mol. The summed E-state index contributed by atoms with van der Waals surface area (Å²) in [6, 6.07) is 7.94. The molecule has 0 radical (unpaired) electrons. The van der Waals surface area contributed by atoms with Gasteiger partial charge in [-0.15, -0.1) is 0 Å². The van der Waals surface area contributed by atoms with E-state index in [9.17, 15) is 13.9 Å². The Morgan fingerprint density at radius 3 is 2.38 bits per heavy atom. The fourth-order valence-corrected chi connectivity index (χ4v) is 5.48. The van der Waals surface area contributed by atoms with Gasteiger partial charge in [0.15, 0.2) is 34.6 Å². The number of methoxy groups -OCH3 is 2. The number of nitrogens with one attached hydrogen (secondary N) is 1. The van der Waals surface area contributed by atoms with Gasteiger partial charge in [-0.25, -0.2) is 18.7 Å². The first kappa shape index (κ1) is 23.7. The van der Waals surface area contributed by atoms with Crippen LogP contribution in [0.4, 0.5) is 8.78 Å². The molecule has 8 nitrogen and oxygen atoms in total. The van der Waals surface area contributed by atoms with E-state index in [0.29, 0.717) is 22.8 Å². The Bertz CT molecular complexity index is 1450. The van der Waals surface area contributed by atoms with Crippen LogP contribution in [0.1, 0.15) is 36.8 Å². The van der Waals surface area contributed by atoms with Gasteiger partial charge in [-0.1, -0.05) is 12.1 Å². The molecule has 2 aliphatic rings. The Hall–Kier alpha value is -3.63. The molecule has 1 fully saturated rings. The molecule has 192 valence electrons. The number of nitrogens with zero attached hydrogens (tertiary/aromatic N) is 4. The van der Waals surface area contributed by atoms with Crippen molar-refractivity contribution in [2.24, 2.45) is 0 Å². The summed E-state index contributed by atoms with van der Waals surface area (Å²) in [5, 5.41) is 17.8. The molecule has 0 bridgehead atoms. The first-order chi connectivity index (χ1) is 18.0. The van der Waals surface area contributed by atoms with Crippen LogP contribution in [0.3, 0.4) is 0 Å². The zero-order chi connectivity index (χ0) is 25.7. The van der Waals surface area contributed by atoms with Gasteiger partial charge >= 0.3 is 0 Å². The fraction of sp³-hybridized carbons (Fsp3) is 0.370. The van der Waals surface area contributed by atoms with E-state index in [2.05, 4.69) is 37.2 Å². The third kappa shape index (κ3) is 4.10. The van der Waals surface area contributed by atoms with E-state index in [1.807, 2.05) is 6.07 Å². The predicted molar refractivity (Wildman–Crippen MR) is 133 cm³/mol. The lowest BCUT2D eigenvalue weighted by atomic mass is 9.92. The van der Waals surface area contributed by atoms with Gasteiger partial charge in [-0.05, 0) is 42.9 Å². The molecule has 10 heteroatoms.